The first-order valence-electron chi connectivity index (χ1n) is 8.38. The van der Waals surface area contributed by atoms with Crippen LogP contribution in [0.1, 0.15) is 54.0 Å². The molecule has 1 N–H and O–H groups in total. The molecule has 5 heteroatoms. The maximum Gasteiger partial charge on any atom is 0.294 e. The summed E-state index contributed by atoms with van der Waals surface area (Å²) in [6.07, 6.45) is 0. The van der Waals surface area contributed by atoms with Crippen LogP contribution in [0.4, 0.5) is 0 Å². The highest BCUT2D eigenvalue weighted by Crippen LogP contribution is 2.23. The van der Waals surface area contributed by atoms with E-state index in [9.17, 15) is 8.42 Å². The Morgan fingerprint density at radius 3 is 1.39 bits per heavy atom. The van der Waals surface area contributed by atoms with Gasteiger partial charge in [-0.1, -0.05) is 32.9 Å². The van der Waals surface area contributed by atoms with Crippen LogP contribution in [0.3, 0.4) is 0 Å². The summed E-state index contributed by atoms with van der Waals surface area (Å²) in [5.74, 6) is 0. The molecule has 0 heterocycles. The molecule has 0 aromatic heterocycles. The third kappa shape index (κ3) is 7.02. The summed E-state index contributed by atoms with van der Waals surface area (Å²) in [6, 6.07) is 6.25. The number of rotatable bonds is 5. The van der Waals surface area contributed by atoms with Crippen molar-refractivity contribution in [1.29, 1.82) is 0 Å². The molecule has 0 aliphatic heterocycles. The van der Waals surface area contributed by atoms with Gasteiger partial charge in [-0.3, -0.25) is 4.55 Å². The molecular weight excluding hydrogens is 310 g/mol. The molecule has 4 nitrogen and oxygen atoms in total. The third-order valence-electron chi connectivity index (χ3n) is 4.70. The van der Waals surface area contributed by atoms with Gasteiger partial charge in [0, 0.05) is 0 Å². The minimum Gasteiger partial charge on any atom is -0.325 e. The van der Waals surface area contributed by atoms with E-state index >= 15 is 0 Å². The number of quaternary nitrogens is 1. The Balaban J connectivity index is 0.000000468. The van der Waals surface area contributed by atoms with Crippen LogP contribution >= 0.6 is 0 Å². The van der Waals surface area contributed by atoms with E-state index in [0.29, 0.717) is 0 Å². The first kappa shape index (κ1) is 22.1. The first-order valence-corrected chi connectivity index (χ1v) is 9.82. The first-order chi connectivity index (χ1) is 10.5. The van der Waals surface area contributed by atoms with Crippen molar-refractivity contribution in [2.24, 2.45) is 0 Å². The average Bonchev–Trinajstić information content (AvgIpc) is 2.49. The zero-order valence-corrected chi connectivity index (χ0v) is 16.6. The van der Waals surface area contributed by atoms with Gasteiger partial charge in [0.2, 0.25) is 0 Å². The summed E-state index contributed by atoms with van der Waals surface area (Å²) in [7, 11) is -4.07. The van der Waals surface area contributed by atoms with Gasteiger partial charge in [0.25, 0.3) is 10.1 Å². The number of nitrogens with zero attached hydrogens (tertiary/aromatic N) is 1. The molecule has 0 aliphatic carbocycles. The summed E-state index contributed by atoms with van der Waals surface area (Å²) in [5, 5.41) is 0. The van der Waals surface area contributed by atoms with Crippen LogP contribution in [-0.4, -0.2) is 43.6 Å². The second-order valence-corrected chi connectivity index (χ2v) is 8.28. The quantitative estimate of drug-likeness (QED) is 0.646. The van der Waals surface area contributed by atoms with Crippen molar-refractivity contribution in [1.82, 2.24) is 0 Å². The Hall–Kier alpha value is -0.910. The van der Waals surface area contributed by atoms with E-state index in [1.807, 2.05) is 20.8 Å². The zero-order chi connectivity index (χ0) is 18.3. The van der Waals surface area contributed by atoms with Crippen molar-refractivity contribution in [3.05, 3.63) is 29.8 Å². The largest absolute Gasteiger partial charge is 0.325 e. The fraction of sp³-hybridized carbons (Fsp3) is 0.667. The molecule has 0 saturated heterocycles. The Labute approximate surface area is 142 Å². The summed E-state index contributed by atoms with van der Waals surface area (Å²) in [6.45, 7) is 20.3. The molecule has 134 valence electrons. The summed E-state index contributed by atoms with van der Waals surface area (Å²) in [5.41, 5.74) is 1.02. The number of hydrogen-bond acceptors (Lipinski definition) is 2. The monoisotopic (exact) mass is 344 g/mol. The van der Waals surface area contributed by atoms with Gasteiger partial charge in [-0.2, -0.15) is 8.42 Å². The van der Waals surface area contributed by atoms with Crippen molar-refractivity contribution in [3.8, 4) is 0 Å². The van der Waals surface area contributed by atoms with E-state index in [1.54, 1.807) is 12.1 Å². The van der Waals surface area contributed by atoms with Crippen LogP contribution in [-0.2, 0) is 15.5 Å². The molecule has 0 aliphatic rings. The van der Waals surface area contributed by atoms with E-state index < -0.39 is 10.1 Å². The second-order valence-electron chi connectivity index (χ2n) is 6.86. The smallest absolute Gasteiger partial charge is 0.294 e. The van der Waals surface area contributed by atoms with E-state index in [0.717, 1.165) is 5.56 Å². The summed E-state index contributed by atoms with van der Waals surface area (Å²) >= 11 is 0. The molecule has 1 rings (SSSR count). The van der Waals surface area contributed by atoms with Crippen molar-refractivity contribution in [2.75, 3.05) is 26.2 Å². The van der Waals surface area contributed by atoms with Crippen molar-refractivity contribution >= 4 is 10.1 Å². The minimum atomic E-state index is -4.07. The normalized spacial score (nSPS) is 12.5. The van der Waals surface area contributed by atoms with Gasteiger partial charge in [0.15, 0.2) is 0 Å². The molecule has 23 heavy (non-hydrogen) atoms. The maximum atomic E-state index is 10.7. The Morgan fingerprint density at radius 1 is 0.870 bits per heavy atom. The van der Waals surface area contributed by atoms with Crippen molar-refractivity contribution in [3.63, 3.8) is 0 Å². The predicted molar refractivity (Wildman–Crippen MR) is 97.4 cm³/mol. The van der Waals surface area contributed by atoms with Crippen LogP contribution in [0.2, 0.25) is 0 Å². The van der Waals surface area contributed by atoms with Gasteiger partial charge in [-0.05, 0) is 50.8 Å². The van der Waals surface area contributed by atoms with E-state index in [1.165, 1.54) is 42.8 Å². The fourth-order valence-electron chi connectivity index (χ4n) is 2.47. The highest BCUT2D eigenvalue weighted by atomic mass is 32.2. The number of benzene rings is 1. The summed E-state index contributed by atoms with van der Waals surface area (Å²) in [4.78, 5) is -0.0644. The topological polar surface area (TPSA) is 54.4 Å². The lowest BCUT2D eigenvalue weighted by atomic mass is 9.87. The molecule has 0 amide bonds. The fourth-order valence-corrected chi connectivity index (χ4v) is 2.95. The van der Waals surface area contributed by atoms with Gasteiger partial charge < -0.3 is 4.48 Å². The molecule has 0 bridgehead atoms. The molecule has 0 unspecified atom stereocenters. The minimum absolute atomic E-state index is 0.0161. The molecule has 0 fully saturated rings. The van der Waals surface area contributed by atoms with Gasteiger partial charge >= 0.3 is 0 Å². The molecule has 1 aromatic carbocycles. The van der Waals surface area contributed by atoms with Crippen molar-refractivity contribution < 1.29 is 17.5 Å². The molecule has 0 spiro atoms. The lowest BCUT2D eigenvalue weighted by molar-refractivity contribution is -0.921. The molecule has 0 saturated carbocycles. The molecule has 1 aromatic rings. The average molecular weight is 345 g/mol. The van der Waals surface area contributed by atoms with Crippen LogP contribution in [0.15, 0.2) is 29.2 Å². The number of hydrogen-bond donors (Lipinski definition) is 1. The van der Waals surface area contributed by atoms with Gasteiger partial charge in [0.05, 0.1) is 31.1 Å². The SMILES string of the molecule is CC(C)(C)c1ccc(S(=O)(=O)O)cc1.CC[N+](CC)(CC)CC. The molecular formula is C18H34NO3S+. The van der Waals surface area contributed by atoms with E-state index in [4.69, 9.17) is 4.55 Å². The highest BCUT2D eigenvalue weighted by molar-refractivity contribution is 7.85. The Kier molecular flexibility index (Phi) is 8.46. The highest BCUT2D eigenvalue weighted by Gasteiger charge is 2.16. The lowest BCUT2D eigenvalue weighted by Crippen LogP contribution is -2.47. The maximum absolute atomic E-state index is 10.7. The predicted octanol–water partition coefficient (Wildman–Crippen LogP) is 4.11. The standard InChI is InChI=1S/C10H14O3S.C8H20N/c1-10(2,3)8-4-6-9(7-5-8)14(11,12)13;1-5-9(6-2,7-3)8-4/h4-7H,1-3H3,(H,11,12,13);5-8H2,1-4H3/q;+1. The Morgan fingerprint density at radius 2 is 1.22 bits per heavy atom. The van der Waals surface area contributed by atoms with Crippen LogP contribution < -0.4 is 0 Å². The van der Waals surface area contributed by atoms with E-state index in [-0.39, 0.29) is 10.3 Å². The van der Waals surface area contributed by atoms with E-state index in [2.05, 4.69) is 27.7 Å². The van der Waals surface area contributed by atoms with Crippen LogP contribution in [0.25, 0.3) is 0 Å². The second kappa shape index (κ2) is 8.81. The van der Waals surface area contributed by atoms with Crippen molar-refractivity contribution in [2.45, 2.75) is 58.8 Å². The third-order valence-corrected chi connectivity index (χ3v) is 5.57. The molecule has 0 radical (unpaired) electrons. The van der Waals surface area contributed by atoms with Gasteiger partial charge in [0.1, 0.15) is 0 Å². The summed E-state index contributed by atoms with van der Waals surface area (Å²) < 4.78 is 31.5. The zero-order valence-electron chi connectivity index (χ0n) is 15.8. The van der Waals surface area contributed by atoms with Crippen LogP contribution in [0.5, 0.6) is 0 Å². The Bertz CT molecular complexity index is 535. The molecule has 0 atom stereocenters. The lowest BCUT2D eigenvalue weighted by Gasteiger charge is -2.34. The van der Waals surface area contributed by atoms with Crippen LogP contribution in [0, 0.1) is 0 Å². The van der Waals surface area contributed by atoms with Gasteiger partial charge in [-0.15, -0.1) is 0 Å². The van der Waals surface area contributed by atoms with Gasteiger partial charge in [-0.25, -0.2) is 0 Å².